The van der Waals surface area contributed by atoms with Crippen molar-refractivity contribution in [2.24, 2.45) is 0 Å². The molecular formula is C14H11N3O2. The van der Waals surface area contributed by atoms with Gasteiger partial charge in [0.15, 0.2) is 5.58 Å². The van der Waals surface area contributed by atoms with E-state index in [-0.39, 0.29) is 5.91 Å². The lowest BCUT2D eigenvalue weighted by Gasteiger charge is -1.99. The molecule has 1 N–H and O–H groups in total. The molecule has 0 unspecified atom stereocenters. The summed E-state index contributed by atoms with van der Waals surface area (Å²) in [6, 6.07) is 9.05. The summed E-state index contributed by atoms with van der Waals surface area (Å²) in [6.45, 7) is 1.47. The Morgan fingerprint density at radius 1 is 1.32 bits per heavy atom. The summed E-state index contributed by atoms with van der Waals surface area (Å²) < 4.78 is 5.65. The molecule has 0 aliphatic carbocycles. The molecule has 0 fully saturated rings. The number of pyridine rings is 1. The Morgan fingerprint density at radius 3 is 2.95 bits per heavy atom. The molecule has 2 aromatic heterocycles. The zero-order valence-electron chi connectivity index (χ0n) is 10.3. The van der Waals surface area contributed by atoms with Crippen molar-refractivity contribution < 1.29 is 9.21 Å². The minimum Gasteiger partial charge on any atom is -0.436 e. The Kier molecular flexibility index (Phi) is 2.72. The number of carbonyl (C=O) groups is 1. The Morgan fingerprint density at radius 2 is 2.21 bits per heavy atom. The first-order valence-electron chi connectivity index (χ1n) is 5.81. The quantitative estimate of drug-likeness (QED) is 0.762. The molecule has 94 valence electrons. The maximum atomic E-state index is 11.0. The van der Waals surface area contributed by atoms with Crippen LogP contribution in [-0.4, -0.2) is 15.9 Å². The lowest BCUT2D eigenvalue weighted by atomic mass is 10.3. The number of hydrogen-bond acceptors (Lipinski definition) is 4. The van der Waals surface area contributed by atoms with Gasteiger partial charge in [0.1, 0.15) is 5.52 Å². The van der Waals surface area contributed by atoms with Crippen molar-refractivity contribution in [1.29, 1.82) is 0 Å². The molecular weight excluding hydrogens is 242 g/mol. The maximum absolute atomic E-state index is 11.0. The highest BCUT2D eigenvalue weighted by Crippen LogP contribution is 2.25. The van der Waals surface area contributed by atoms with Crippen LogP contribution in [0.3, 0.4) is 0 Å². The molecule has 0 spiro atoms. The normalized spacial score (nSPS) is 10.6. The van der Waals surface area contributed by atoms with Gasteiger partial charge in [-0.1, -0.05) is 0 Å². The zero-order chi connectivity index (χ0) is 13.2. The molecule has 2 heterocycles. The van der Waals surface area contributed by atoms with Gasteiger partial charge in [-0.3, -0.25) is 9.78 Å². The second-order valence-electron chi connectivity index (χ2n) is 4.12. The van der Waals surface area contributed by atoms with Crippen molar-refractivity contribution >= 4 is 22.7 Å². The third-order valence-corrected chi connectivity index (χ3v) is 2.62. The van der Waals surface area contributed by atoms with Crippen LogP contribution >= 0.6 is 0 Å². The molecule has 1 amide bonds. The molecule has 0 bridgehead atoms. The van der Waals surface area contributed by atoms with Crippen LogP contribution in [-0.2, 0) is 4.79 Å². The van der Waals surface area contributed by atoms with E-state index in [0.717, 1.165) is 5.56 Å². The van der Waals surface area contributed by atoms with E-state index in [2.05, 4.69) is 15.3 Å². The molecule has 0 aliphatic rings. The third-order valence-electron chi connectivity index (χ3n) is 2.62. The molecule has 0 radical (unpaired) electrons. The van der Waals surface area contributed by atoms with Crippen molar-refractivity contribution in [1.82, 2.24) is 9.97 Å². The lowest BCUT2D eigenvalue weighted by molar-refractivity contribution is -0.114. The molecule has 3 rings (SSSR count). The maximum Gasteiger partial charge on any atom is 0.228 e. The van der Waals surface area contributed by atoms with E-state index in [0.29, 0.717) is 22.7 Å². The first-order chi connectivity index (χ1) is 9.22. The number of rotatable bonds is 2. The Hall–Kier alpha value is -2.69. The van der Waals surface area contributed by atoms with E-state index >= 15 is 0 Å². The fraction of sp³-hybridized carbons (Fsp3) is 0.0714. The molecule has 5 nitrogen and oxygen atoms in total. The summed E-state index contributed by atoms with van der Waals surface area (Å²) in [4.78, 5) is 19.4. The average Bonchev–Trinajstić information content (AvgIpc) is 2.82. The van der Waals surface area contributed by atoms with Crippen molar-refractivity contribution in [3.63, 3.8) is 0 Å². The van der Waals surface area contributed by atoms with Crippen molar-refractivity contribution in [2.75, 3.05) is 5.32 Å². The minimum absolute atomic E-state index is 0.115. The molecule has 0 saturated heterocycles. The number of oxazole rings is 1. The number of nitrogens with zero attached hydrogens (tertiary/aromatic N) is 2. The first kappa shape index (κ1) is 11.4. The monoisotopic (exact) mass is 253 g/mol. The number of benzene rings is 1. The third kappa shape index (κ3) is 2.30. The van der Waals surface area contributed by atoms with Gasteiger partial charge < -0.3 is 9.73 Å². The number of anilines is 1. The highest BCUT2D eigenvalue weighted by molar-refractivity contribution is 5.91. The molecule has 0 atom stereocenters. The Bertz CT molecular complexity index is 735. The van der Waals surface area contributed by atoms with E-state index in [9.17, 15) is 4.79 Å². The second-order valence-corrected chi connectivity index (χ2v) is 4.12. The number of hydrogen-bond donors (Lipinski definition) is 1. The summed E-state index contributed by atoms with van der Waals surface area (Å²) in [5.41, 5.74) is 2.89. The van der Waals surface area contributed by atoms with Gasteiger partial charge in [0.05, 0.1) is 5.56 Å². The van der Waals surface area contributed by atoms with Crippen LogP contribution < -0.4 is 5.32 Å². The first-order valence-corrected chi connectivity index (χ1v) is 5.81. The molecule has 5 heteroatoms. The largest absolute Gasteiger partial charge is 0.436 e. The van der Waals surface area contributed by atoms with Gasteiger partial charge in [0, 0.05) is 25.0 Å². The van der Waals surface area contributed by atoms with Crippen LogP contribution in [0.5, 0.6) is 0 Å². The highest BCUT2D eigenvalue weighted by Gasteiger charge is 2.08. The summed E-state index contributed by atoms with van der Waals surface area (Å²) in [6.07, 6.45) is 3.39. The second kappa shape index (κ2) is 4.53. The molecule has 1 aromatic carbocycles. The van der Waals surface area contributed by atoms with Crippen molar-refractivity contribution in [3.05, 3.63) is 42.7 Å². The van der Waals surface area contributed by atoms with Crippen LogP contribution in [0.4, 0.5) is 5.69 Å². The fourth-order valence-corrected chi connectivity index (χ4v) is 1.82. The SMILES string of the molecule is CC(=O)Nc1ccc2oc(-c3cccnc3)nc2c1. The van der Waals surface area contributed by atoms with Gasteiger partial charge in [-0.25, -0.2) is 4.98 Å². The predicted octanol–water partition coefficient (Wildman–Crippen LogP) is 2.85. The number of carbonyl (C=O) groups excluding carboxylic acids is 1. The summed E-state index contributed by atoms with van der Waals surface area (Å²) in [5, 5.41) is 2.71. The Balaban J connectivity index is 2.04. The molecule has 0 aliphatic heterocycles. The average molecular weight is 253 g/mol. The number of nitrogens with one attached hydrogen (secondary N) is 1. The Labute approximate surface area is 109 Å². The van der Waals surface area contributed by atoms with Crippen molar-refractivity contribution in [3.8, 4) is 11.5 Å². The lowest BCUT2D eigenvalue weighted by Crippen LogP contribution is -2.05. The number of fused-ring (bicyclic) bond motifs is 1. The van der Waals surface area contributed by atoms with E-state index in [1.54, 1.807) is 30.6 Å². The van der Waals surface area contributed by atoms with Crippen molar-refractivity contribution in [2.45, 2.75) is 6.92 Å². The van der Waals surface area contributed by atoms with Gasteiger partial charge in [0.2, 0.25) is 11.8 Å². The summed E-state index contributed by atoms with van der Waals surface area (Å²) in [5.74, 6) is 0.401. The molecule has 0 saturated carbocycles. The summed E-state index contributed by atoms with van der Waals surface area (Å²) in [7, 11) is 0. The van der Waals surface area contributed by atoms with E-state index < -0.39 is 0 Å². The van der Waals surface area contributed by atoms with E-state index in [1.807, 2.05) is 12.1 Å². The predicted molar refractivity (Wildman–Crippen MR) is 71.5 cm³/mol. The summed E-state index contributed by atoms with van der Waals surface area (Å²) >= 11 is 0. The van der Waals surface area contributed by atoms with Crippen LogP contribution in [0.15, 0.2) is 47.1 Å². The standard InChI is InChI=1S/C14H11N3O2/c1-9(18)16-11-4-5-13-12(7-11)17-14(19-13)10-3-2-6-15-8-10/h2-8H,1H3,(H,16,18). The van der Waals surface area contributed by atoms with Gasteiger partial charge in [-0.05, 0) is 30.3 Å². The topological polar surface area (TPSA) is 68.0 Å². The van der Waals surface area contributed by atoms with Crippen LogP contribution in [0.25, 0.3) is 22.6 Å². The van der Waals surface area contributed by atoms with Gasteiger partial charge >= 0.3 is 0 Å². The number of aromatic nitrogens is 2. The number of amides is 1. The van der Waals surface area contributed by atoms with Gasteiger partial charge in [-0.15, -0.1) is 0 Å². The zero-order valence-corrected chi connectivity index (χ0v) is 10.3. The van der Waals surface area contributed by atoms with Crippen LogP contribution in [0.2, 0.25) is 0 Å². The fourth-order valence-electron chi connectivity index (χ4n) is 1.82. The van der Waals surface area contributed by atoms with E-state index in [4.69, 9.17) is 4.42 Å². The molecule has 3 aromatic rings. The minimum atomic E-state index is -0.115. The molecule has 19 heavy (non-hydrogen) atoms. The smallest absolute Gasteiger partial charge is 0.228 e. The van der Waals surface area contributed by atoms with Crippen LogP contribution in [0, 0.1) is 0 Å². The van der Waals surface area contributed by atoms with Gasteiger partial charge in [-0.2, -0.15) is 0 Å². The van der Waals surface area contributed by atoms with Gasteiger partial charge in [0.25, 0.3) is 0 Å². The highest BCUT2D eigenvalue weighted by atomic mass is 16.3. The van der Waals surface area contributed by atoms with E-state index in [1.165, 1.54) is 6.92 Å². The van der Waals surface area contributed by atoms with Crippen LogP contribution in [0.1, 0.15) is 6.92 Å².